The van der Waals surface area contributed by atoms with Crippen molar-refractivity contribution in [2.45, 2.75) is 226 Å². The molecule has 2 fully saturated rings. The van der Waals surface area contributed by atoms with Crippen LogP contribution in [0.1, 0.15) is 160 Å². The number of aliphatic carboxylic acids is 2. The second kappa shape index (κ2) is 75.7. The normalized spacial score (nSPS) is 18.6. The van der Waals surface area contributed by atoms with Gasteiger partial charge in [0.05, 0.1) is 111 Å². The second-order valence-corrected chi connectivity index (χ2v) is 40.1. The lowest BCUT2D eigenvalue weighted by Gasteiger charge is -2.36. The van der Waals surface area contributed by atoms with Crippen LogP contribution >= 0.6 is 33.3 Å². The number of hydrogen-bond donors (Lipinski definition) is 27. The zero-order chi connectivity index (χ0) is 112. The number of aliphatic imine (C=N–C) groups is 1. The van der Waals surface area contributed by atoms with Gasteiger partial charge in [0, 0.05) is 173 Å². The van der Waals surface area contributed by atoms with E-state index in [0.717, 1.165) is 39.8 Å². The number of nitrogens with zero attached hydrogens (tertiary/aromatic N) is 6. The van der Waals surface area contributed by atoms with Crippen molar-refractivity contribution < 1.29 is 131 Å². The molecule has 1 aromatic rings. The van der Waals surface area contributed by atoms with Gasteiger partial charge in [0.2, 0.25) is 88.6 Å². The maximum Gasteiger partial charge on any atom is 0.305 e. The number of oxime groups is 4. The standard InChI is InChI=1S/C41H59N13O15S3.C28H56N8O7.C23H46N6O5/c1-69-11-10-44-29(55)15-46-35(63)26-17-70-20-31(57)49-25(14-33(60)61)38(66)53-27-18-71-72-19-28(40(68)51-23(36(64)52-26)12-21-6-3-2-4-7-21)54-37(65)24(13-32(58)59)48-30(56)16-47-34(62)22(50-39(27)67)8-5-9-45-41(42)43;1-22(34-40)27(4,5)32-11-16-36(17-12-33-28(6,7)23(2)35-41)15-10-30-25(38)8-9-26(39)31-14-19-43-21-20-42-18-13-29-24(3)37;1-8-12-34-13-11-24-20(30)9-10-21(31)26-15-23(7,14-25-17(2)18(3)28-32)16-27-22(5,6)19(4)29-33/h2-4,6-7,22-28H,5,8-20H2,1H3,(H,44,55)(H,46,63)(H,47,62)(H,48,56)(H,49,57)(H,50,67)(H,51,68)(H,52,64)(H,53,66)(H,54,65)(H,58,59)(H,60,61)(H4,42,43,45);32-33,40-41H,8-21H2,1-7H3,(H,29,37)(H,30,38)(H,31,39);17,25,27,32-33H,8-16H2,1-7H3,(H,24,30)(H,26,31)/b;34-22-,35-23-;28-18+,29-19+/t22-,23-,24-,25-,26-,27-,28-;;/m0../s1. The van der Waals surface area contributed by atoms with Crippen LogP contribution in [0.3, 0.4) is 0 Å². The van der Waals surface area contributed by atoms with Crippen LogP contribution in [0.15, 0.2) is 55.9 Å². The molecular formula is C92H161N27O27S3. The van der Waals surface area contributed by atoms with Crippen molar-refractivity contribution >= 4 is 163 Å². The number of fused-ring (bicyclic) bond motifs is 5. The van der Waals surface area contributed by atoms with Gasteiger partial charge in [-0.1, -0.05) is 86.4 Å². The Balaban J connectivity index is 0.00000122. The number of methoxy groups -OCH3 is 1. The van der Waals surface area contributed by atoms with Crippen LogP contribution in [-0.4, -0.2) is 411 Å². The van der Waals surface area contributed by atoms with Gasteiger partial charge in [0.25, 0.3) is 0 Å². The molecule has 0 aromatic heterocycles. The Hall–Kier alpha value is -12.0. The zero-order valence-electron chi connectivity index (χ0n) is 88.0. The summed E-state index contributed by atoms with van der Waals surface area (Å²) in [7, 11) is 3.10. The van der Waals surface area contributed by atoms with E-state index in [0.29, 0.717) is 147 Å². The van der Waals surface area contributed by atoms with Crippen LogP contribution in [0.2, 0.25) is 0 Å². The number of amides is 15. The number of guanidine groups is 1. The smallest absolute Gasteiger partial charge is 0.305 e. The van der Waals surface area contributed by atoms with E-state index in [2.05, 4.69) is 132 Å². The molecule has 9 atom stereocenters. The number of benzene rings is 1. The molecule has 0 radical (unpaired) electrons. The number of ether oxygens (including phenoxy) is 4. The van der Waals surface area contributed by atoms with E-state index in [4.69, 9.17) is 51.2 Å². The predicted molar refractivity (Wildman–Crippen MR) is 561 cm³/mol. The predicted octanol–water partition coefficient (Wildman–Crippen LogP) is -4.85. The highest BCUT2D eigenvalue weighted by Crippen LogP contribution is 2.25. The number of nitrogens with one attached hydrogen (secondary N) is 19. The molecule has 0 aliphatic carbocycles. The van der Waals surface area contributed by atoms with E-state index in [1.165, 1.54) is 14.0 Å². The average molecular weight is 2170 g/mol. The highest BCUT2D eigenvalue weighted by atomic mass is 33.1. The molecule has 2 unspecified atom stereocenters. The quantitative estimate of drug-likeness (QED) is 0.00726. The summed E-state index contributed by atoms with van der Waals surface area (Å²) in [6, 6.07) is -3.18. The first-order chi connectivity index (χ1) is 70.4. The summed E-state index contributed by atoms with van der Waals surface area (Å²) in [5.74, 6) is -15.7. The monoisotopic (exact) mass is 2170 g/mol. The summed E-state index contributed by atoms with van der Waals surface area (Å²) in [4.78, 5) is 226. The summed E-state index contributed by atoms with van der Waals surface area (Å²) < 4.78 is 20.9. The van der Waals surface area contributed by atoms with Gasteiger partial charge in [-0.05, 0) is 101 Å². The summed E-state index contributed by atoms with van der Waals surface area (Å²) in [6.07, 6.45) is -0.947. The number of nitrogens with two attached hydrogens (primary N) is 2. The van der Waals surface area contributed by atoms with Crippen molar-refractivity contribution in [1.29, 1.82) is 0 Å². The molecule has 57 heteroatoms. The minimum absolute atomic E-state index is 0.00928. The molecule has 15 amide bonds. The van der Waals surface area contributed by atoms with Gasteiger partial charge < -0.3 is 162 Å². The molecule has 149 heavy (non-hydrogen) atoms. The summed E-state index contributed by atoms with van der Waals surface area (Å²) >= 11 is 0.756. The number of carboxylic acids is 2. The molecule has 2 aliphatic rings. The maximum absolute atomic E-state index is 14.3. The SMILES string of the molecule is CC(=O)NCCOCCOCCNC(=O)CCC(=O)NCCN(CCNC(C)(C)/C(C)=N\O)CCNC(C)(C)/C(C)=N\O.CCCOCCNC(=O)CCC(=O)NCC(C)(CNC(C)/C(C)=N/O)CNC(C)(C)/C(C)=N/O.COCCNC(=O)CNC(=O)[C@@H]1CSCC(=O)N[C@@H](CC(=O)O)C(=O)N[C@H]2CSSC[C@H](NC(=O)[C@H](CC(=O)O)NC(=O)CNC(=O)[C@H](CCCN=C(N)N)NC2=O)C(=O)N[C@@H](Cc2ccccc2)C(=O)N1. The maximum atomic E-state index is 14.3. The number of carbonyl (C=O) groups excluding carboxylic acids is 15. The van der Waals surface area contributed by atoms with E-state index < -0.39 is 173 Å². The highest BCUT2D eigenvalue weighted by molar-refractivity contribution is 8.76. The lowest BCUT2D eigenvalue weighted by molar-refractivity contribution is -0.141. The molecule has 0 saturated carbocycles. The van der Waals surface area contributed by atoms with Gasteiger partial charge in [-0.25, -0.2) is 0 Å². The molecule has 3 rings (SSSR count). The summed E-state index contributed by atoms with van der Waals surface area (Å²) in [5, 5.41) is 120. The lowest BCUT2D eigenvalue weighted by atomic mass is 9.87. The van der Waals surface area contributed by atoms with Crippen LogP contribution in [0, 0.1) is 5.41 Å². The Labute approximate surface area is 881 Å². The molecule has 2 saturated heterocycles. The molecule has 2 aliphatic heterocycles. The largest absolute Gasteiger partial charge is 0.481 e. The number of hydrogen-bond acceptors (Lipinski definition) is 38. The molecule has 2 heterocycles. The van der Waals surface area contributed by atoms with Crippen molar-refractivity contribution in [1.82, 2.24) is 106 Å². The summed E-state index contributed by atoms with van der Waals surface area (Å²) in [6.45, 7) is 33.6. The van der Waals surface area contributed by atoms with Crippen molar-refractivity contribution in [2.75, 3.05) is 181 Å². The minimum Gasteiger partial charge on any atom is -0.481 e. The van der Waals surface area contributed by atoms with Crippen LogP contribution in [-0.2, 0) is 107 Å². The minimum atomic E-state index is -1.83. The number of rotatable bonds is 59. The van der Waals surface area contributed by atoms with E-state index in [1.54, 1.807) is 58.0 Å². The first kappa shape index (κ1) is 135. The Morgan fingerprint density at radius 1 is 0.490 bits per heavy atom. The Bertz CT molecular complexity index is 4490. The van der Waals surface area contributed by atoms with Gasteiger partial charge >= 0.3 is 11.9 Å². The van der Waals surface area contributed by atoms with Gasteiger partial charge in [-0.2, -0.15) is 0 Å². The van der Waals surface area contributed by atoms with E-state index in [-0.39, 0.29) is 118 Å². The Morgan fingerprint density at radius 3 is 1.43 bits per heavy atom. The first-order valence-electron chi connectivity index (χ1n) is 48.7. The fraction of sp³-hybridized carbons (Fsp3) is 0.696. The van der Waals surface area contributed by atoms with E-state index >= 15 is 0 Å². The molecule has 2 bridgehead atoms. The molecule has 1 aromatic carbocycles. The van der Waals surface area contributed by atoms with Crippen LogP contribution in [0.5, 0.6) is 0 Å². The van der Waals surface area contributed by atoms with Crippen LogP contribution < -0.4 is 112 Å². The van der Waals surface area contributed by atoms with Gasteiger partial charge in [0.15, 0.2) is 5.96 Å². The van der Waals surface area contributed by atoms with Crippen molar-refractivity contribution in [2.24, 2.45) is 42.5 Å². The third-order valence-corrected chi connectivity index (χ3v) is 26.3. The molecule has 0 spiro atoms. The molecular weight excluding hydrogens is 2010 g/mol. The third-order valence-electron chi connectivity index (χ3n) is 22.8. The van der Waals surface area contributed by atoms with Gasteiger partial charge in [-0.3, -0.25) is 91.4 Å². The van der Waals surface area contributed by atoms with Crippen molar-refractivity contribution in [3.63, 3.8) is 0 Å². The van der Waals surface area contributed by atoms with Crippen molar-refractivity contribution in [3.05, 3.63) is 35.9 Å². The zero-order valence-corrected chi connectivity index (χ0v) is 90.4. The number of carboxylic acid groups (broad SMARTS) is 2. The summed E-state index contributed by atoms with van der Waals surface area (Å²) in [5.41, 5.74) is 11.7. The number of thioether (sulfide) groups is 1. The number of carbonyl (C=O) groups is 17. The Kier molecular flexibility index (Phi) is 68.6. The van der Waals surface area contributed by atoms with Crippen LogP contribution in [0.25, 0.3) is 0 Å². The first-order valence-corrected chi connectivity index (χ1v) is 52.3. The Morgan fingerprint density at radius 2 is 0.946 bits per heavy atom. The third kappa shape index (κ3) is 62.3. The fourth-order valence-electron chi connectivity index (χ4n) is 12.7. The average Bonchev–Trinajstić information content (AvgIpc) is 1.58. The fourth-order valence-corrected chi connectivity index (χ4v) is 15.9. The van der Waals surface area contributed by atoms with Gasteiger partial charge in [0.1, 0.15) is 42.3 Å². The highest BCUT2D eigenvalue weighted by Gasteiger charge is 2.38. The van der Waals surface area contributed by atoms with Crippen molar-refractivity contribution in [3.8, 4) is 0 Å². The second-order valence-electron chi connectivity index (χ2n) is 36.5. The van der Waals surface area contributed by atoms with E-state index in [1.807, 2.05) is 62.3 Å². The topological polar surface area (TPSA) is 794 Å². The lowest BCUT2D eigenvalue weighted by Crippen LogP contribution is -2.60. The molecule has 844 valence electrons. The molecule has 29 N–H and O–H groups in total. The van der Waals surface area contributed by atoms with Crippen LogP contribution in [0.4, 0.5) is 0 Å². The molecule has 54 nitrogen and oxygen atoms in total. The van der Waals surface area contributed by atoms with E-state index in [9.17, 15) is 91.7 Å². The van der Waals surface area contributed by atoms with Gasteiger partial charge in [-0.15, -0.1) is 11.8 Å².